The molecular weight excluding hydrogens is 254 g/mol. The van der Waals surface area contributed by atoms with Gasteiger partial charge in [-0.15, -0.1) is 0 Å². The maximum Gasteiger partial charge on any atom is 0.296 e. The lowest BCUT2D eigenvalue weighted by atomic mass is 10.2. The van der Waals surface area contributed by atoms with Gasteiger partial charge in [0.25, 0.3) is 10.1 Å². The molecule has 0 N–H and O–H groups in total. The number of hydrogen-bond donors (Lipinski definition) is 0. The van der Waals surface area contributed by atoms with Crippen LogP contribution in [0.2, 0.25) is 0 Å². The van der Waals surface area contributed by atoms with Crippen molar-refractivity contribution >= 4 is 21.9 Å². The van der Waals surface area contributed by atoms with Gasteiger partial charge in [-0.3, -0.25) is 4.18 Å². The average Bonchev–Trinajstić information content (AvgIpc) is 2.29. The van der Waals surface area contributed by atoms with Crippen LogP contribution in [0.4, 0.5) is 5.69 Å². The van der Waals surface area contributed by atoms with Gasteiger partial charge in [0.15, 0.2) is 0 Å². The molecule has 98 valence electrons. The van der Waals surface area contributed by atoms with Gasteiger partial charge in [-0.1, -0.05) is 13.8 Å². The minimum absolute atomic E-state index is 0.0519. The van der Waals surface area contributed by atoms with E-state index in [4.69, 9.17) is 4.18 Å². The van der Waals surface area contributed by atoms with Gasteiger partial charge in [0.2, 0.25) is 6.08 Å². The molecule has 0 atom stereocenters. The molecule has 0 spiro atoms. The fourth-order valence-corrected chi connectivity index (χ4v) is 2.12. The molecule has 0 saturated heterocycles. The monoisotopic (exact) mass is 269 g/mol. The molecule has 0 aliphatic carbocycles. The Bertz CT molecular complexity index is 528. The standard InChI is InChI=1S/C12H15NO4S/c1-10(2)7-8-17-18(15,16)12-5-3-11(4-6-12)13-9-14/h3-6,10H,7-8H2,1-2H3. The highest BCUT2D eigenvalue weighted by atomic mass is 32.2. The van der Waals surface area contributed by atoms with Crippen LogP contribution in [0.1, 0.15) is 20.3 Å². The summed E-state index contributed by atoms with van der Waals surface area (Å²) in [7, 11) is -3.73. The van der Waals surface area contributed by atoms with Crippen LogP contribution in [0.25, 0.3) is 0 Å². The molecule has 6 heteroatoms. The van der Waals surface area contributed by atoms with Crippen LogP contribution in [0.5, 0.6) is 0 Å². The molecule has 0 unspecified atom stereocenters. The minimum atomic E-state index is -3.73. The van der Waals surface area contributed by atoms with Crippen LogP contribution in [0.15, 0.2) is 34.2 Å². The normalized spacial score (nSPS) is 11.3. The Morgan fingerprint density at radius 3 is 2.39 bits per heavy atom. The van der Waals surface area contributed by atoms with Crippen molar-refractivity contribution in [2.24, 2.45) is 10.9 Å². The van der Waals surface area contributed by atoms with Gasteiger partial charge in [-0.25, -0.2) is 4.79 Å². The first kappa shape index (κ1) is 14.6. The van der Waals surface area contributed by atoms with Crippen molar-refractivity contribution in [1.29, 1.82) is 0 Å². The summed E-state index contributed by atoms with van der Waals surface area (Å²) >= 11 is 0. The second kappa shape index (κ2) is 6.44. The summed E-state index contributed by atoms with van der Waals surface area (Å²) in [5.74, 6) is 0.379. The molecule has 0 heterocycles. The van der Waals surface area contributed by atoms with E-state index >= 15 is 0 Å². The first-order chi connectivity index (χ1) is 8.45. The molecule has 18 heavy (non-hydrogen) atoms. The number of benzene rings is 1. The average molecular weight is 269 g/mol. The van der Waals surface area contributed by atoms with Gasteiger partial charge >= 0.3 is 0 Å². The quantitative estimate of drug-likeness (QED) is 0.451. The molecule has 0 aliphatic rings. The fourth-order valence-electron chi connectivity index (χ4n) is 1.20. The molecule has 0 fully saturated rings. The molecule has 1 aromatic carbocycles. The third-order valence-electron chi connectivity index (χ3n) is 2.23. The Labute approximate surface area is 107 Å². The SMILES string of the molecule is CC(C)CCOS(=O)(=O)c1ccc(N=C=O)cc1. The third-order valence-corrected chi connectivity index (χ3v) is 3.56. The molecule has 0 radical (unpaired) electrons. The zero-order valence-corrected chi connectivity index (χ0v) is 11.1. The third kappa shape index (κ3) is 4.41. The summed E-state index contributed by atoms with van der Waals surface area (Å²) in [6.07, 6.45) is 2.06. The van der Waals surface area contributed by atoms with Crippen molar-refractivity contribution in [3.05, 3.63) is 24.3 Å². The van der Waals surface area contributed by atoms with Crippen LogP contribution in [0, 0.1) is 5.92 Å². The fraction of sp³-hybridized carbons (Fsp3) is 0.417. The van der Waals surface area contributed by atoms with Gasteiger partial charge in [0, 0.05) is 0 Å². The lowest BCUT2D eigenvalue weighted by molar-refractivity contribution is 0.292. The highest BCUT2D eigenvalue weighted by Crippen LogP contribution is 2.18. The van der Waals surface area contributed by atoms with Crippen molar-refractivity contribution in [2.45, 2.75) is 25.2 Å². The van der Waals surface area contributed by atoms with Gasteiger partial charge in [-0.2, -0.15) is 13.4 Å². The van der Waals surface area contributed by atoms with Crippen molar-refractivity contribution in [3.8, 4) is 0 Å². The van der Waals surface area contributed by atoms with Crippen molar-refractivity contribution in [2.75, 3.05) is 6.61 Å². The lowest BCUT2D eigenvalue weighted by Gasteiger charge is -2.07. The Morgan fingerprint density at radius 2 is 1.89 bits per heavy atom. The summed E-state index contributed by atoms with van der Waals surface area (Å²) in [6, 6.07) is 5.54. The molecule has 5 nitrogen and oxygen atoms in total. The molecular formula is C12H15NO4S. The second-order valence-electron chi connectivity index (χ2n) is 4.16. The zero-order chi connectivity index (χ0) is 13.6. The predicted molar refractivity (Wildman–Crippen MR) is 66.8 cm³/mol. The molecule has 0 bridgehead atoms. The molecule has 0 amide bonds. The molecule has 0 aliphatic heterocycles. The Hall–Kier alpha value is -1.49. The summed E-state index contributed by atoms with van der Waals surface area (Å²) in [5.41, 5.74) is 0.353. The second-order valence-corrected chi connectivity index (χ2v) is 5.77. The largest absolute Gasteiger partial charge is 0.296 e. The minimum Gasteiger partial charge on any atom is -0.266 e. The number of carbonyl (C=O) groups excluding carboxylic acids is 1. The topological polar surface area (TPSA) is 72.8 Å². The van der Waals surface area contributed by atoms with Gasteiger partial charge in [-0.05, 0) is 36.6 Å². The Kier molecular flexibility index (Phi) is 5.22. The number of nitrogens with zero attached hydrogens (tertiary/aromatic N) is 1. The Balaban J connectivity index is 2.75. The maximum absolute atomic E-state index is 11.8. The van der Waals surface area contributed by atoms with Gasteiger partial charge < -0.3 is 0 Å². The Morgan fingerprint density at radius 1 is 1.28 bits per heavy atom. The van der Waals surface area contributed by atoms with Crippen LogP contribution in [-0.4, -0.2) is 21.1 Å². The highest BCUT2D eigenvalue weighted by Gasteiger charge is 2.14. The molecule has 0 aromatic heterocycles. The van der Waals surface area contributed by atoms with Crippen LogP contribution in [0.3, 0.4) is 0 Å². The van der Waals surface area contributed by atoms with E-state index in [0.29, 0.717) is 18.0 Å². The van der Waals surface area contributed by atoms with E-state index in [-0.39, 0.29) is 11.5 Å². The van der Waals surface area contributed by atoms with E-state index in [2.05, 4.69) is 4.99 Å². The van der Waals surface area contributed by atoms with Crippen molar-refractivity contribution in [3.63, 3.8) is 0 Å². The number of hydrogen-bond acceptors (Lipinski definition) is 5. The summed E-state index contributed by atoms with van der Waals surface area (Å²) in [6.45, 7) is 4.14. The number of isocyanates is 1. The predicted octanol–water partition coefficient (Wildman–Crippen LogP) is 2.41. The van der Waals surface area contributed by atoms with Gasteiger partial charge in [0.05, 0.1) is 17.2 Å². The van der Waals surface area contributed by atoms with E-state index in [1.54, 1.807) is 0 Å². The van der Waals surface area contributed by atoms with Crippen molar-refractivity contribution < 1.29 is 17.4 Å². The summed E-state index contributed by atoms with van der Waals surface area (Å²) < 4.78 is 28.4. The summed E-state index contributed by atoms with van der Waals surface area (Å²) in [5, 5.41) is 0. The van der Waals surface area contributed by atoms with Crippen LogP contribution in [-0.2, 0) is 19.1 Å². The molecule has 0 saturated carbocycles. The van der Waals surface area contributed by atoms with Crippen LogP contribution >= 0.6 is 0 Å². The number of rotatable bonds is 6. The van der Waals surface area contributed by atoms with E-state index < -0.39 is 10.1 Å². The smallest absolute Gasteiger partial charge is 0.266 e. The maximum atomic E-state index is 11.8. The first-order valence-corrected chi connectivity index (χ1v) is 6.94. The number of aliphatic imine (C=N–C) groups is 1. The van der Waals surface area contributed by atoms with E-state index in [0.717, 1.165) is 0 Å². The highest BCUT2D eigenvalue weighted by molar-refractivity contribution is 7.86. The van der Waals surface area contributed by atoms with E-state index in [1.165, 1.54) is 30.3 Å². The zero-order valence-electron chi connectivity index (χ0n) is 10.3. The van der Waals surface area contributed by atoms with Gasteiger partial charge in [0.1, 0.15) is 0 Å². The first-order valence-electron chi connectivity index (χ1n) is 5.53. The van der Waals surface area contributed by atoms with E-state index in [1.807, 2.05) is 13.8 Å². The lowest BCUT2D eigenvalue weighted by Crippen LogP contribution is -2.08. The summed E-state index contributed by atoms with van der Waals surface area (Å²) in [4.78, 5) is 13.5. The van der Waals surface area contributed by atoms with Crippen LogP contribution < -0.4 is 0 Å². The molecule has 1 rings (SSSR count). The van der Waals surface area contributed by atoms with E-state index in [9.17, 15) is 13.2 Å². The molecule has 1 aromatic rings. The van der Waals surface area contributed by atoms with Crippen molar-refractivity contribution in [1.82, 2.24) is 0 Å².